The molecular weight excluding hydrogens is 360 g/mol. The molecule has 5 rings (SSSR count). The van der Waals surface area contributed by atoms with E-state index in [0.29, 0.717) is 0 Å². The molecule has 0 saturated heterocycles. The summed E-state index contributed by atoms with van der Waals surface area (Å²) in [7, 11) is 0. The topological polar surface area (TPSA) is 52.2 Å². The van der Waals surface area contributed by atoms with E-state index >= 15 is 0 Å². The van der Waals surface area contributed by atoms with E-state index in [-0.39, 0.29) is 5.56 Å². The Morgan fingerprint density at radius 3 is 2.48 bits per heavy atom. The Bertz CT molecular complexity index is 1060. The molecule has 2 aliphatic rings. The van der Waals surface area contributed by atoms with Crippen LogP contribution in [0.25, 0.3) is 0 Å². The number of aromatic amines is 1. The summed E-state index contributed by atoms with van der Waals surface area (Å²) >= 11 is 0. The number of aromatic nitrogens is 2. The first-order valence-corrected chi connectivity index (χ1v) is 10.5. The van der Waals surface area contributed by atoms with Gasteiger partial charge < -0.3 is 4.90 Å². The van der Waals surface area contributed by atoms with Crippen LogP contribution >= 0.6 is 0 Å². The van der Waals surface area contributed by atoms with Gasteiger partial charge in [-0.25, -0.2) is 4.98 Å². The highest BCUT2D eigenvalue weighted by Crippen LogP contribution is 2.22. The lowest BCUT2D eigenvalue weighted by Crippen LogP contribution is -2.34. The Kier molecular flexibility index (Phi) is 4.90. The zero-order valence-electron chi connectivity index (χ0n) is 16.6. The van der Waals surface area contributed by atoms with Crippen LogP contribution in [-0.2, 0) is 32.4 Å². The highest BCUT2D eigenvalue weighted by Gasteiger charge is 2.22. The van der Waals surface area contributed by atoms with Crippen LogP contribution in [-0.4, -0.2) is 34.5 Å². The summed E-state index contributed by atoms with van der Waals surface area (Å²) in [5, 5.41) is 0. The summed E-state index contributed by atoms with van der Waals surface area (Å²) in [4.78, 5) is 25.5. The van der Waals surface area contributed by atoms with Crippen molar-refractivity contribution in [3.8, 4) is 0 Å². The van der Waals surface area contributed by atoms with Gasteiger partial charge in [0.15, 0.2) is 0 Å². The standard InChI is InChI=1S/C24H26N4O/c29-23-21-11-13-27(16-18-6-2-1-3-7-18)14-12-22(21)25-24(26-23)28-15-10-19-8-4-5-9-20(19)17-28/h1-9H,10-17H2,(H,25,26,29). The molecule has 1 aromatic heterocycles. The van der Waals surface area contributed by atoms with Gasteiger partial charge in [-0.1, -0.05) is 54.6 Å². The highest BCUT2D eigenvalue weighted by molar-refractivity contribution is 5.41. The number of anilines is 1. The van der Waals surface area contributed by atoms with Gasteiger partial charge in [-0.2, -0.15) is 0 Å². The summed E-state index contributed by atoms with van der Waals surface area (Å²) in [5.41, 5.74) is 5.90. The molecule has 2 aliphatic heterocycles. The molecular formula is C24H26N4O. The van der Waals surface area contributed by atoms with Crippen molar-refractivity contribution in [1.29, 1.82) is 0 Å². The average Bonchev–Trinajstić information content (AvgIpc) is 2.97. The number of rotatable bonds is 3. The van der Waals surface area contributed by atoms with Crippen molar-refractivity contribution in [1.82, 2.24) is 14.9 Å². The number of fused-ring (bicyclic) bond motifs is 2. The quantitative estimate of drug-likeness (QED) is 0.752. The summed E-state index contributed by atoms with van der Waals surface area (Å²) in [6.45, 7) is 4.43. The molecule has 0 saturated carbocycles. The fourth-order valence-corrected chi connectivity index (χ4v) is 4.47. The second-order valence-electron chi connectivity index (χ2n) is 8.02. The molecule has 148 valence electrons. The van der Waals surface area contributed by atoms with E-state index in [2.05, 4.69) is 63.3 Å². The van der Waals surface area contributed by atoms with E-state index in [0.717, 1.165) is 69.2 Å². The highest BCUT2D eigenvalue weighted by atomic mass is 16.1. The second kappa shape index (κ2) is 7.84. The van der Waals surface area contributed by atoms with Crippen molar-refractivity contribution >= 4 is 5.95 Å². The molecule has 0 radical (unpaired) electrons. The van der Waals surface area contributed by atoms with Crippen molar-refractivity contribution in [2.24, 2.45) is 0 Å². The molecule has 1 N–H and O–H groups in total. The minimum absolute atomic E-state index is 0.0328. The first kappa shape index (κ1) is 18.1. The molecule has 0 aliphatic carbocycles. The largest absolute Gasteiger partial charge is 0.338 e. The third-order valence-corrected chi connectivity index (χ3v) is 6.11. The molecule has 0 bridgehead atoms. The maximum Gasteiger partial charge on any atom is 0.255 e. The van der Waals surface area contributed by atoms with Crippen LogP contribution in [0, 0.1) is 0 Å². The summed E-state index contributed by atoms with van der Waals surface area (Å²) in [6.07, 6.45) is 2.57. The van der Waals surface area contributed by atoms with Crippen molar-refractivity contribution in [2.45, 2.75) is 32.4 Å². The number of hydrogen-bond acceptors (Lipinski definition) is 4. The van der Waals surface area contributed by atoms with Gasteiger partial charge in [0.2, 0.25) is 5.95 Å². The normalized spacial score (nSPS) is 16.8. The Balaban J connectivity index is 1.35. The van der Waals surface area contributed by atoms with Crippen molar-refractivity contribution in [2.75, 3.05) is 24.5 Å². The fraction of sp³-hybridized carbons (Fsp3) is 0.333. The summed E-state index contributed by atoms with van der Waals surface area (Å²) in [6, 6.07) is 19.1. The lowest BCUT2D eigenvalue weighted by molar-refractivity contribution is 0.279. The van der Waals surface area contributed by atoms with Gasteiger partial charge >= 0.3 is 0 Å². The van der Waals surface area contributed by atoms with Gasteiger partial charge in [0.25, 0.3) is 5.56 Å². The molecule has 5 heteroatoms. The Hall–Kier alpha value is -2.92. The molecule has 0 amide bonds. The minimum atomic E-state index is 0.0328. The van der Waals surface area contributed by atoms with Crippen LogP contribution in [0.5, 0.6) is 0 Å². The fourth-order valence-electron chi connectivity index (χ4n) is 4.47. The zero-order chi connectivity index (χ0) is 19.6. The van der Waals surface area contributed by atoms with Crippen LogP contribution in [0.3, 0.4) is 0 Å². The van der Waals surface area contributed by atoms with Gasteiger partial charge in [-0.15, -0.1) is 0 Å². The van der Waals surface area contributed by atoms with Crippen LogP contribution in [0.1, 0.15) is 27.9 Å². The molecule has 3 heterocycles. The number of H-pyrrole nitrogens is 1. The first-order valence-electron chi connectivity index (χ1n) is 10.5. The van der Waals surface area contributed by atoms with Gasteiger partial charge in [-0.05, 0) is 29.5 Å². The van der Waals surface area contributed by atoms with Crippen molar-refractivity contribution < 1.29 is 0 Å². The van der Waals surface area contributed by atoms with Gasteiger partial charge in [0, 0.05) is 44.7 Å². The molecule has 5 nitrogen and oxygen atoms in total. The summed E-state index contributed by atoms with van der Waals surface area (Å²) in [5.74, 6) is 0.722. The molecule has 0 atom stereocenters. The SMILES string of the molecule is O=c1[nH]c(N2CCc3ccccc3C2)nc2c1CCN(Cc1ccccc1)CC2. The van der Waals surface area contributed by atoms with Crippen molar-refractivity contribution in [3.63, 3.8) is 0 Å². The van der Waals surface area contributed by atoms with E-state index < -0.39 is 0 Å². The molecule has 0 spiro atoms. The molecule has 0 unspecified atom stereocenters. The number of benzene rings is 2. The van der Waals surface area contributed by atoms with E-state index in [1.54, 1.807) is 0 Å². The van der Waals surface area contributed by atoms with Gasteiger partial charge in [0.1, 0.15) is 0 Å². The third-order valence-electron chi connectivity index (χ3n) is 6.11. The predicted octanol–water partition coefficient (Wildman–Crippen LogP) is 2.93. The Morgan fingerprint density at radius 2 is 1.62 bits per heavy atom. The first-order chi connectivity index (χ1) is 14.3. The average molecular weight is 386 g/mol. The van der Waals surface area contributed by atoms with E-state index in [4.69, 9.17) is 4.98 Å². The zero-order valence-corrected chi connectivity index (χ0v) is 16.6. The van der Waals surface area contributed by atoms with Crippen LogP contribution < -0.4 is 10.5 Å². The van der Waals surface area contributed by atoms with Crippen LogP contribution in [0.4, 0.5) is 5.95 Å². The van der Waals surface area contributed by atoms with E-state index in [9.17, 15) is 4.79 Å². The second-order valence-corrected chi connectivity index (χ2v) is 8.02. The number of hydrogen-bond donors (Lipinski definition) is 1. The number of nitrogens with one attached hydrogen (secondary N) is 1. The third kappa shape index (κ3) is 3.83. The molecule has 0 fully saturated rings. The van der Waals surface area contributed by atoms with Crippen LogP contribution in [0.2, 0.25) is 0 Å². The maximum absolute atomic E-state index is 12.8. The Labute approximate surface area is 171 Å². The Morgan fingerprint density at radius 1 is 0.862 bits per heavy atom. The smallest absolute Gasteiger partial charge is 0.255 e. The van der Waals surface area contributed by atoms with Gasteiger partial charge in [-0.3, -0.25) is 14.7 Å². The monoisotopic (exact) mass is 386 g/mol. The maximum atomic E-state index is 12.8. The van der Waals surface area contributed by atoms with Crippen molar-refractivity contribution in [3.05, 3.63) is 92.9 Å². The minimum Gasteiger partial charge on any atom is -0.338 e. The van der Waals surface area contributed by atoms with E-state index in [1.165, 1.54) is 16.7 Å². The summed E-state index contributed by atoms with van der Waals surface area (Å²) < 4.78 is 0. The molecule has 3 aromatic rings. The predicted molar refractivity (Wildman–Crippen MR) is 115 cm³/mol. The lowest BCUT2D eigenvalue weighted by Gasteiger charge is -2.29. The number of nitrogens with zero attached hydrogens (tertiary/aromatic N) is 3. The molecule has 29 heavy (non-hydrogen) atoms. The van der Waals surface area contributed by atoms with E-state index in [1.807, 2.05) is 6.07 Å². The lowest BCUT2D eigenvalue weighted by atomic mass is 10.0. The molecule has 2 aromatic carbocycles. The van der Waals surface area contributed by atoms with Crippen LogP contribution in [0.15, 0.2) is 59.4 Å². The van der Waals surface area contributed by atoms with Gasteiger partial charge in [0.05, 0.1) is 5.69 Å².